The Morgan fingerprint density at radius 1 is 1.14 bits per heavy atom. The predicted octanol–water partition coefficient (Wildman–Crippen LogP) is 3.36. The maximum atomic E-state index is 11.7. The molecule has 1 aromatic heterocycles. The molecular formula is C17H17NO3. The van der Waals surface area contributed by atoms with Gasteiger partial charge in [0.2, 0.25) is 0 Å². The standard InChI is InChI=1S/C17H17NO3/c19-15-4-2-12-9-13(1-3-14(12)15)16-10-18-17(21-16)11-5-7-20-8-6-11/h1,3,9-11H,2,4-8H2. The van der Waals surface area contributed by atoms with E-state index in [1.54, 1.807) is 6.20 Å². The van der Waals surface area contributed by atoms with Crippen LogP contribution in [-0.4, -0.2) is 24.0 Å². The second-order valence-electron chi connectivity index (χ2n) is 5.74. The fourth-order valence-electron chi connectivity index (χ4n) is 3.16. The number of ether oxygens (including phenoxy) is 1. The summed E-state index contributed by atoms with van der Waals surface area (Å²) in [7, 11) is 0. The van der Waals surface area contributed by atoms with Crippen molar-refractivity contribution in [3.63, 3.8) is 0 Å². The first-order valence-corrected chi connectivity index (χ1v) is 7.51. The maximum Gasteiger partial charge on any atom is 0.198 e. The average Bonchev–Trinajstić information content (AvgIpc) is 3.15. The van der Waals surface area contributed by atoms with E-state index in [-0.39, 0.29) is 5.78 Å². The highest BCUT2D eigenvalue weighted by molar-refractivity contribution is 6.00. The van der Waals surface area contributed by atoms with E-state index >= 15 is 0 Å². The lowest BCUT2D eigenvalue weighted by atomic mass is 10.0. The Labute approximate surface area is 123 Å². The third-order valence-electron chi connectivity index (χ3n) is 4.41. The van der Waals surface area contributed by atoms with Crippen LogP contribution in [0.3, 0.4) is 0 Å². The molecule has 1 aromatic carbocycles. The molecule has 0 spiro atoms. The normalized spacial score (nSPS) is 19.0. The summed E-state index contributed by atoms with van der Waals surface area (Å²) in [5.41, 5.74) is 3.00. The van der Waals surface area contributed by atoms with E-state index in [1.807, 2.05) is 12.1 Å². The zero-order valence-electron chi connectivity index (χ0n) is 11.8. The highest BCUT2D eigenvalue weighted by atomic mass is 16.5. The van der Waals surface area contributed by atoms with E-state index in [4.69, 9.17) is 9.15 Å². The number of hydrogen-bond donors (Lipinski definition) is 0. The van der Waals surface area contributed by atoms with Crippen molar-refractivity contribution in [2.45, 2.75) is 31.6 Å². The number of Topliss-reactive ketones (excluding diaryl/α,β-unsaturated/α-hetero) is 1. The quantitative estimate of drug-likeness (QED) is 0.848. The van der Waals surface area contributed by atoms with Gasteiger partial charge in [-0.3, -0.25) is 4.79 Å². The monoisotopic (exact) mass is 283 g/mol. The molecule has 4 nitrogen and oxygen atoms in total. The molecule has 4 heteroatoms. The van der Waals surface area contributed by atoms with Crippen LogP contribution in [0.4, 0.5) is 0 Å². The largest absolute Gasteiger partial charge is 0.440 e. The first kappa shape index (κ1) is 12.8. The van der Waals surface area contributed by atoms with Crippen LogP contribution in [-0.2, 0) is 11.2 Å². The Morgan fingerprint density at radius 2 is 2.00 bits per heavy atom. The second kappa shape index (κ2) is 5.11. The van der Waals surface area contributed by atoms with Crippen LogP contribution in [0.15, 0.2) is 28.8 Å². The molecule has 0 bridgehead atoms. The summed E-state index contributed by atoms with van der Waals surface area (Å²) >= 11 is 0. The summed E-state index contributed by atoms with van der Waals surface area (Å²) < 4.78 is 11.3. The molecule has 1 saturated heterocycles. The maximum absolute atomic E-state index is 11.7. The first-order valence-electron chi connectivity index (χ1n) is 7.51. The van der Waals surface area contributed by atoms with Gasteiger partial charge in [-0.1, -0.05) is 12.1 Å². The molecule has 1 fully saturated rings. The second-order valence-corrected chi connectivity index (χ2v) is 5.74. The minimum absolute atomic E-state index is 0.247. The number of carbonyl (C=O) groups excluding carboxylic acids is 1. The number of benzene rings is 1. The Bertz CT molecular complexity index is 683. The van der Waals surface area contributed by atoms with Gasteiger partial charge in [-0.25, -0.2) is 4.98 Å². The molecule has 0 unspecified atom stereocenters. The zero-order chi connectivity index (χ0) is 14.2. The van der Waals surface area contributed by atoms with E-state index in [1.165, 1.54) is 0 Å². The molecule has 2 aromatic rings. The Balaban J connectivity index is 1.62. The molecule has 2 heterocycles. The van der Waals surface area contributed by atoms with Gasteiger partial charge in [-0.2, -0.15) is 0 Å². The van der Waals surface area contributed by atoms with Crippen LogP contribution in [0.5, 0.6) is 0 Å². The van der Waals surface area contributed by atoms with Gasteiger partial charge in [-0.05, 0) is 30.9 Å². The van der Waals surface area contributed by atoms with Crippen molar-refractivity contribution in [3.8, 4) is 11.3 Å². The number of hydrogen-bond acceptors (Lipinski definition) is 4. The topological polar surface area (TPSA) is 52.3 Å². The van der Waals surface area contributed by atoms with Crippen LogP contribution in [0.2, 0.25) is 0 Å². The summed E-state index contributed by atoms with van der Waals surface area (Å²) in [5, 5.41) is 0. The highest BCUT2D eigenvalue weighted by Gasteiger charge is 2.23. The lowest BCUT2D eigenvalue weighted by molar-refractivity contribution is 0.0796. The minimum atomic E-state index is 0.247. The van der Waals surface area contributed by atoms with E-state index < -0.39 is 0 Å². The summed E-state index contributed by atoms with van der Waals surface area (Å²) in [6, 6.07) is 5.93. The number of nitrogens with zero attached hydrogens (tertiary/aromatic N) is 1. The molecule has 0 amide bonds. The molecule has 2 aliphatic rings. The molecule has 108 valence electrons. The summed E-state index contributed by atoms with van der Waals surface area (Å²) in [6.45, 7) is 1.56. The average molecular weight is 283 g/mol. The van der Waals surface area contributed by atoms with Crippen LogP contribution in [0.1, 0.15) is 47.0 Å². The van der Waals surface area contributed by atoms with Crippen LogP contribution < -0.4 is 0 Å². The number of fused-ring (bicyclic) bond motifs is 1. The number of ketones is 1. The molecule has 21 heavy (non-hydrogen) atoms. The molecule has 0 radical (unpaired) electrons. The Kier molecular flexibility index (Phi) is 3.11. The summed E-state index contributed by atoms with van der Waals surface area (Å²) in [6.07, 6.45) is 5.20. The fraction of sp³-hybridized carbons (Fsp3) is 0.412. The van der Waals surface area contributed by atoms with Gasteiger partial charge in [0.15, 0.2) is 17.4 Å². The number of carbonyl (C=O) groups is 1. The van der Waals surface area contributed by atoms with Crippen molar-refractivity contribution in [1.82, 2.24) is 4.98 Å². The zero-order valence-corrected chi connectivity index (χ0v) is 11.8. The van der Waals surface area contributed by atoms with Gasteiger partial charge < -0.3 is 9.15 Å². The van der Waals surface area contributed by atoms with Crippen LogP contribution >= 0.6 is 0 Å². The van der Waals surface area contributed by atoms with E-state index in [9.17, 15) is 4.79 Å². The number of aromatic nitrogens is 1. The lowest BCUT2D eigenvalue weighted by Gasteiger charge is -2.18. The van der Waals surface area contributed by atoms with Crippen molar-refractivity contribution >= 4 is 5.78 Å². The van der Waals surface area contributed by atoms with Gasteiger partial charge in [-0.15, -0.1) is 0 Å². The third kappa shape index (κ3) is 2.29. The van der Waals surface area contributed by atoms with E-state index in [0.717, 1.165) is 60.8 Å². The summed E-state index contributed by atoms with van der Waals surface area (Å²) in [5.74, 6) is 2.21. The minimum Gasteiger partial charge on any atom is -0.440 e. The van der Waals surface area contributed by atoms with Crippen molar-refractivity contribution in [1.29, 1.82) is 0 Å². The van der Waals surface area contributed by atoms with Gasteiger partial charge >= 0.3 is 0 Å². The van der Waals surface area contributed by atoms with Gasteiger partial charge in [0.1, 0.15) is 0 Å². The molecule has 0 saturated carbocycles. The van der Waals surface area contributed by atoms with Crippen LogP contribution in [0.25, 0.3) is 11.3 Å². The molecule has 1 aliphatic carbocycles. The van der Waals surface area contributed by atoms with Crippen LogP contribution in [0, 0.1) is 0 Å². The molecular weight excluding hydrogens is 266 g/mol. The van der Waals surface area contributed by atoms with Gasteiger partial charge in [0.25, 0.3) is 0 Å². The molecule has 0 N–H and O–H groups in total. The van der Waals surface area contributed by atoms with Crippen molar-refractivity contribution in [2.75, 3.05) is 13.2 Å². The molecule has 4 rings (SSSR count). The number of aryl methyl sites for hydroxylation is 1. The van der Waals surface area contributed by atoms with Crippen molar-refractivity contribution < 1.29 is 13.9 Å². The van der Waals surface area contributed by atoms with E-state index in [2.05, 4.69) is 11.1 Å². The fourth-order valence-corrected chi connectivity index (χ4v) is 3.16. The highest BCUT2D eigenvalue weighted by Crippen LogP contribution is 2.32. The lowest BCUT2D eigenvalue weighted by Crippen LogP contribution is -2.14. The number of oxazole rings is 1. The molecule has 1 aliphatic heterocycles. The van der Waals surface area contributed by atoms with Crippen molar-refractivity contribution in [2.24, 2.45) is 0 Å². The number of rotatable bonds is 2. The first-order chi connectivity index (χ1) is 10.3. The predicted molar refractivity (Wildman–Crippen MR) is 77.4 cm³/mol. The third-order valence-corrected chi connectivity index (χ3v) is 4.41. The smallest absolute Gasteiger partial charge is 0.198 e. The Hall–Kier alpha value is -1.94. The van der Waals surface area contributed by atoms with Crippen molar-refractivity contribution in [3.05, 3.63) is 41.4 Å². The Morgan fingerprint density at radius 3 is 2.86 bits per heavy atom. The molecule has 0 atom stereocenters. The van der Waals surface area contributed by atoms with Gasteiger partial charge in [0, 0.05) is 36.7 Å². The summed E-state index contributed by atoms with van der Waals surface area (Å²) in [4.78, 5) is 16.1. The van der Waals surface area contributed by atoms with Gasteiger partial charge in [0.05, 0.1) is 6.20 Å². The SMILES string of the molecule is O=C1CCc2cc(-c3cnc(C4CCOCC4)o3)ccc21. The van der Waals surface area contributed by atoms with E-state index in [0.29, 0.717) is 12.3 Å².